The average Bonchev–Trinajstić information content (AvgIpc) is 2.59. The van der Waals surface area contributed by atoms with Gasteiger partial charge in [-0.05, 0) is 30.3 Å². The van der Waals surface area contributed by atoms with Gasteiger partial charge in [-0.1, -0.05) is 17.7 Å². The van der Waals surface area contributed by atoms with E-state index in [0.29, 0.717) is 0 Å². The molecule has 23 heavy (non-hydrogen) atoms. The number of nitrogens with zero attached hydrogens (tertiary/aromatic N) is 2. The van der Waals surface area contributed by atoms with E-state index in [0.717, 1.165) is 17.3 Å². The van der Waals surface area contributed by atoms with E-state index in [-0.39, 0.29) is 10.6 Å². The molecule has 0 radical (unpaired) electrons. The van der Waals surface area contributed by atoms with Gasteiger partial charge in [0.1, 0.15) is 5.82 Å². The molecule has 1 unspecified atom stereocenters. The Kier molecular flexibility index (Phi) is 4.34. The summed E-state index contributed by atoms with van der Waals surface area (Å²) in [5, 5.41) is 5.51. The van der Waals surface area contributed by atoms with E-state index in [1.54, 1.807) is 18.6 Å². The second kappa shape index (κ2) is 6.58. The van der Waals surface area contributed by atoms with Crippen LogP contribution in [0.15, 0.2) is 53.8 Å². The molecule has 5 nitrogen and oxygen atoms in total. The molecule has 7 heteroatoms. The number of carbonyl (C=O) groups excluding carboxylic acids is 1. The van der Waals surface area contributed by atoms with Crippen molar-refractivity contribution in [2.45, 2.75) is 6.29 Å². The minimum atomic E-state index is -0.612. The van der Waals surface area contributed by atoms with E-state index in [2.05, 4.69) is 20.6 Å². The summed E-state index contributed by atoms with van der Waals surface area (Å²) >= 11 is 5.67. The van der Waals surface area contributed by atoms with Crippen molar-refractivity contribution in [3.63, 3.8) is 0 Å². The predicted molar refractivity (Wildman–Crippen MR) is 86.5 cm³/mol. The van der Waals surface area contributed by atoms with Crippen LogP contribution in [0.2, 0.25) is 5.02 Å². The lowest BCUT2D eigenvalue weighted by Gasteiger charge is -2.19. The molecule has 0 saturated carbocycles. The number of nitrogens with one attached hydrogen (secondary N) is 2. The molecule has 0 saturated heterocycles. The molecule has 1 aliphatic rings. The number of amides is 1. The van der Waals surface area contributed by atoms with Gasteiger partial charge in [0.25, 0.3) is 5.91 Å². The molecule has 0 fully saturated rings. The lowest BCUT2D eigenvalue weighted by molar-refractivity contribution is 0.0934. The molecule has 1 aromatic heterocycles. The number of carbonyl (C=O) groups is 1. The molecule has 1 atom stereocenters. The van der Waals surface area contributed by atoms with Gasteiger partial charge < -0.3 is 10.6 Å². The number of rotatable bonds is 3. The Morgan fingerprint density at radius 1 is 1.30 bits per heavy atom. The van der Waals surface area contributed by atoms with Crippen LogP contribution in [0.4, 0.5) is 4.39 Å². The molecule has 2 aromatic rings. The van der Waals surface area contributed by atoms with Crippen LogP contribution in [0.1, 0.15) is 16.1 Å². The zero-order valence-corrected chi connectivity index (χ0v) is 12.6. The molecule has 1 aliphatic heterocycles. The fraction of sp³-hybridized carbons (Fsp3) is 0.0625. The monoisotopic (exact) mass is 330 g/mol. The van der Waals surface area contributed by atoms with Gasteiger partial charge in [0.05, 0.1) is 10.7 Å². The van der Waals surface area contributed by atoms with Gasteiger partial charge in [0, 0.05) is 29.7 Å². The lowest BCUT2D eigenvalue weighted by atomic mass is 10.2. The number of allylic oxidation sites excluding steroid dienone is 1. The first kappa shape index (κ1) is 15.2. The van der Waals surface area contributed by atoms with E-state index in [4.69, 9.17) is 11.6 Å². The molecule has 1 amide bonds. The molecule has 2 N–H and O–H groups in total. The lowest BCUT2D eigenvalue weighted by Crippen LogP contribution is -2.43. The Balaban J connectivity index is 1.65. The molecular formula is C16H12ClFN4O. The summed E-state index contributed by atoms with van der Waals surface area (Å²) < 4.78 is 13.1. The Morgan fingerprint density at radius 2 is 2.17 bits per heavy atom. The molecular weight excluding hydrogens is 319 g/mol. The molecule has 0 aliphatic carbocycles. The van der Waals surface area contributed by atoms with Gasteiger partial charge in [0.2, 0.25) is 0 Å². The van der Waals surface area contributed by atoms with Gasteiger partial charge in [-0.15, -0.1) is 0 Å². The quantitative estimate of drug-likeness (QED) is 0.909. The van der Waals surface area contributed by atoms with Gasteiger partial charge in [-0.2, -0.15) is 0 Å². The zero-order valence-electron chi connectivity index (χ0n) is 11.8. The van der Waals surface area contributed by atoms with E-state index >= 15 is 0 Å². The van der Waals surface area contributed by atoms with Crippen LogP contribution in [0.5, 0.6) is 0 Å². The second-order valence-corrected chi connectivity index (χ2v) is 5.17. The maximum absolute atomic E-state index is 13.1. The van der Waals surface area contributed by atoms with E-state index < -0.39 is 18.0 Å². The summed E-state index contributed by atoms with van der Waals surface area (Å²) in [6, 6.07) is 9.34. The van der Waals surface area contributed by atoms with Crippen molar-refractivity contribution in [3.8, 4) is 0 Å². The fourth-order valence-corrected chi connectivity index (χ4v) is 2.18. The standard InChI is InChI=1S/C16H12ClFN4O/c17-12-7-10(4-5-13(12)18)15(23)22-16-20-8-11(9-21-16)14-3-1-2-6-19-14/h1-9,16,20H,(H,22,23). The highest BCUT2D eigenvalue weighted by Gasteiger charge is 2.15. The van der Waals surface area contributed by atoms with Crippen LogP contribution >= 0.6 is 11.6 Å². The van der Waals surface area contributed by atoms with Gasteiger partial charge in [0.15, 0.2) is 6.29 Å². The minimum Gasteiger partial charge on any atom is -0.352 e. The molecule has 116 valence electrons. The van der Waals surface area contributed by atoms with Crippen molar-refractivity contribution in [1.82, 2.24) is 15.6 Å². The normalized spacial score (nSPS) is 16.4. The van der Waals surface area contributed by atoms with Crippen LogP contribution in [0.25, 0.3) is 5.57 Å². The van der Waals surface area contributed by atoms with Crippen molar-refractivity contribution in [2.75, 3.05) is 0 Å². The molecule has 2 heterocycles. The summed E-state index contributed by atoms with van der Waals surface area (Å²) in [6.07, 6.45) is 4.42. The SMILES string of the molecule is O=C(NC1N=CC(c2ccccn2)=CN1)c1ccc(F)c(Cl)c1. The van der Waals surface area contributed by atoms with Crippen molar-refractivity contribution < 1.29 is 9.18 Å². The number of hydrogen-bond donors (Lipinski definition) is 2. The molecule has 0 bridgehead atoms. The maximum Gasteiger partial charge on any atom is 0.254 e. The number of hydrogen-bond acceptors (Lipinski definition) is 4. The second-order valence-electron chi connectivity index (χ2n) is 4.76. The highest BCUT2D eigenvalue weighted by atomic mass is 35.5. The Morgan fingerprint density at radius 3 is 2.83 bits per heavy atom. The third-order valence-corrected chi connectivity index (χ3v) is 3.46. The first-order valence-corrected chi connectivity index (χ1v) is 7.18. The first-order valence-electron chi connectivity index (χ1n) is 6.80. The number of pyridine rings is 1. The first-order chi connectivity index (χ1) is 11.1. The van der Waals surface area contributed by atoms with Gasteiger partial charge >= 0.3 is 0 Å². The summed E-state index contributed by atoms with van der Waals surface area (Å²) in [7, 11) is 0. The van der Waals surface area contributed by atoms with Crippen LogP contribution in [-0.4, -0.2) is 23.4 Å². The van der Waals surface area contributed by atoms with Crippen molar-refractivity contribution in [2.24, 2.45) is 4.99 Å². The Hall–Kier alpha value is -2.73. The third-order valence-electron chi connectivity index (χ3n) is 3.17. The summed E-state index contributed by atoms with van der Waals surface area (Å²) in [5.74, 6) is -0.976. The highest BCUT2D eigenvalue weighted by Crippen LogP contribution is 2.16. The third kappa shape index (κ3) is 3.54. The maximum atomic E-state index is 13.1. The van der Waals surface area contributed by atoms with Crippen LogP contribution in [-0.2, 0) is 0 Å². The molecule has 1 aromatic carbocycles. The predicted octanol–water partition coefficient (Wildman–Crippen LogP) is 2.60. The van der Waals surface area contributed by atoms with E-state index in [1.807, 2.05) is 18.2 Å². The highest BCUT2D eigenvalue weighted by molar-refractivity contribution is 6.31. The van der Waals surface area contributed by atoms with Crippen LogP contribution < -0.4 is 10.6 Å². The smallest absolute Gasteiger partial charge is 0.254 e. The number of aliphatic imine (C=N–C) groups is 1. The Bertz CT molecular complexity index is 792. The number of aromatic nitrogens is 1. The minimum absolute atomic E-state index is 0.102. The number of halogens is 2. The Labute approximate surface area is 136 Å². The van der Waals surface area contributed by atoms with E-state index in [1.165, 1.54) is 12.1 Å². The van der Waals surface area contributed by atoms with Gasteiger partial charge in [-0.25, -0.2) is 9.38 Å². The van der Waals surface area contributed by atoms with Crippen molar-refractivity contribution in [3.05, 3.63) is 70.9 Å². The van der Waals surface area contributed by atoms with Crippen LogP contribution in [0, 0.1) is 5.82 Å². The van der Waals surface area contributed by atoms with Crippen LogP contribution in [0.3, 0.4) is 0 Å². The van der Waals surface area contributed by atoms with Crippen molar-refractivity contribution >= 4 is 29.3 Å². The largest absolute Gasteiger partial charge is 0.352 e. The summed E-state index contributed by atoms with van der Waals surface area (Å²) in [5.41, 5.74) is 1.84. The summed E-state index contributed by atoms with van der Waals surface area (Å²) in [4.78, 5) is 20.5. The topological polar surface area (TPSA) is 66.4 Å². The average molecular weight is 331 g/mol. The van der Waals surface area contributed by atoms with Crippen molar-refractivity contribution in [1.29, 1.82) is 0 Å². The molecule has 3 rings (SSSR count). The zero-order chi connectivity index (χ0) is 16.2. The summed E-state index contributed by atoms with van der Waals surface area (Å²) in [6.45, 7) is 0. The number of benzene rings is 1. The molecule has 0 spiro atoms. The van der Waals surface area contributed by atoms with Gasteiger partial charge in [-0.3, -0.25) is 9.78 Å². The van der Waals surface area contributed by atoms with E-state index in [9.17, 15) is 9.18 Å². The fourth-order valence-electron chi connectivity index (χ4n) is 2.00.